The van der Waals surface area contributed by atoms with E-state index in [4.69, 9.17) is 0 Å². The Labute approximate surface area is 202 Å². The summed E-state index contributed by atoms with van der Waals surface area (Å²) in [5.74, 6) is -1.44. The normalized spacial score (nSPS) is 16.7. The lowest BCUT2D eigenvalue weighted by Gasteiger charge is -2.24. The number of hydrogen-bond donors (Lipinski definition) is 0. The topological polar surface area (TPSA) is 60.7 Å². The van der Waals surface area contributed by atoms with Gasteiger partial charge in [0.2, 0.25) is 0 Å². The van der Waals surface area contributed by atoms with E-state index in [1.54, 1.807) is 26.0 Å². The minimum absolute atomic E-state index is 0.0102. The molecule has 0 fully saturated rings. The van der Waals surface area contributed by atoms with Crippen molar-refractivity contribution in [3.63, 3.8) is 0 Å². The van der Waals surface area contributed by atoms with Crippen LogP contribution in [0.2, 0.25) is 0 Å². The molecular weight excluding hydrogens is 486 g/mol. The van der Waals surface area contributed by atoms with Crippen molar-refractivity contribution in [2.45, 2.75) is 51.9 Å². The van der Waals surface area contributed by atoms with E-state index in [-0.39, 0.29) is 37.3 Å². The Balaban J connectivity index is 1.47. The van der Waals surface area contributed by atoms with Gasteiger partial charge in [-0.1, -0.05) is 12.1 Å². The second kappa shape index (κ2) is 9.51. The number of rotatable bonds is 5. The van der Waals surface area contributed by atoms with Gasteiger partial charge < -0.3 is 0 Å². The number of aryl methyl sites for hydroxylation is 1. The molecule has 3 aromatic rings. The van der Waals surface area contributed by atoms with Gasteiger partial charge in [-0.3, -0.25) is 9.78 Å². The Bertz CT molecular complexity index is 1310. The van der Waals surface area contributed by atoms with Crippen LogP contribution in [0.3, 0.4) is 0 Å². The molecule has 0 spiro atoms. The third kappa shape index (κ3) is 5.34. The van der Waals surface area contributed by atoms with Crippen molar-refractivity contribution in [1.29, 1.82) is 0 Å². The standard InChI is InChI=1S/C25H22F6N4O/c1-14-9-16(11-33-23(14)17-3-5-18(6-4-17)24(26,27)28)10-21(36)20-13-34-35(15(20)2)22-8-7-19(12-32-22)25(29,30)31/h3,7-9,11-13,18H,4-6,10H2,1-2H3. The Morgan fingerprint density at radius 3 is 2.36 bits per heavy atom. The van der Waals surface area contributed by atoms with Crippen molar-refractivity contribution in [1.82, 2.24) is 19.7 Å². The molecule has 0 amide bonds. The van der Waals surface area contributed by atoms with Gasteiger partial charge in [-0.2, -0.15) is 31.4 Å². The number of ketones is 1. The van der Waals surface area contributed by atoms with E-state index in [0.29, 0.717) is 28.7 Å². The highest BCUT2D eigenvalue weighted by atomic mass is 19.4. The zero-order chi connectivity index (χ0) is 26.3. The number of hydrogen-bond acceptors (Lipinski definition) is 4. The third-order valence-corrected chi connectivity index (χ3v) is 6.28. The summed E-state index contributed by atoms with van der Waals surface area (Å²) in [6, 6.07) is 3.86. The van der Waals surface area contributed by atoms with E-state index in [0.717, 1.165) is 17.2 Å². The lowest BCUT2D eigenvalue weighted by Crippen LogP contribution is -2.24. The van der Waals surface area contributed by atoms with Crippen LogP contribution in [0.25, 0.3) is 11.4 Å². The molecule has 11 heteroatoms. The van der Waals surface area contributed by atoms with E-state index in [2.05, 4.69) is 15.1 Å². The summed E-state index contributed by atoms with van der Waals surface area (Å²) in [6.45, 7) is 3.42. The molecule has 5 nitrogen and oxygen atoms in total. The molecule has 1 aliphatic carbocycles. The molecule has 3 heterocycles. The number of pyridine rings is 2. The molecule has 36 heavy (non-hydrogen) atoms. The Morgan fingerprint density at radius 1 is 1.06 bits per heavy atom. The van der Waals surface area contributed by atoms with Gasteiger partial charge >= 0.3 is 12.4 Å². The molecule has 1 atom stereocenters. The lowest BCUT2D eigenvalue weighted by molar-refractivity contribution is -0.175. The maximum atomic E-state index is 12.9. The average molecular weight is 508 g/mol. The van der Waals surface area contributed by atoms with E-state index in [1.807, 2.05) is 0 Å². The summed E-state index contributed by atoms with van der Waals surface area (Å²) in [7, 11) is 0. The van der Waals surface area contributed by atoms with Crippen molar-refractivity contribution < 1.29 is 31.1 Å². The molecule has 0 aromatic carbocycles. The van der Waals surface area contributed by atoms with Crippen molar-refractivity contribution in [3.8, 4) is 5.82 Å². The van der Waals surface area contributed by atoms with Crippen LogP contribution in [-0.4, -0.2) is 31.7 Å². The van der Waals surface area contributed by atoms with Gasteiger partial charge in [-0.15, -0.1) is 0 Å². The van der Waals surface area contributed by atoms with Gasteiger partial charge in [-0.25, -0.2) is 9.67 Å². The zero-order valence-electron chi connectivity index (χ0n) is 19.4. The molecule has 1 unspecified atom stereocenters. The summed E-state index contributed by atoms with van der Waals surface area (Å²) in [5, 5.41) is 4.11. The second-order valence-corrected chi connectivity index (χ2v) is 8.81. The van der Waals surface area contributed by atoms with Crippen molar-refractivity contribution >= 4 is 11.4 Å². The largest absolute Gasteiger partial charge is 0.417 e. The average Bonchev–Trinajstić information content (AvgIpc) is 3.19. The SMILES string of the molecule is Cc1cc(CC(=O)c2cnn(-c3ccc(C(F)(F)F)cn3)c2C)cnc1C1=CCC(C(F)(F)F)CC1. The first-order chi connectivity index (χ1) is 16.8. The molecule has 0 saturated carbocycles. The number of allylic oxidation sites excluding steroid dienone is 2. The summed E-state index contributed by atoms with van der Waals surface area (Å²) in [4.78, 5) is 21.1. The highest BCUT2D eigenvalue weighted by Gasteiger charge is 2.40. The van der Waals surface area contributed by atoms with Gasteiger partial charge in [0.05, 0.1) is 34.6 Å². The maximum Gasteiger partial charge on any atom is 0.417 e. The quantitative estimate of drug-likeness (QED) is 0.293. The Kier molecular flexibility index (Phi) is 6.76. The van der Waals surface area contributed by atoms with Crippen molar-refractivity contribution in [2.75, 3.05) is 0 Å². The van der Waals surface area contributed by atoms with Crippen molar-refractivity contribution in [3.05, 3.63) is 76.5 Å². The van der Waals surface area contributed by atoms with E-state index < -0.39 is 23.8 Å². The van der Waals surface area contributed by atoms with Gasteiger partial charge in [0.15, 0.2) is 11.6 Å². The Hall–Kier alpha value is -3.50. The molecule has 0 saturated heterocycles. The number of carbonyl (C=O) groups is 1. The van der Waals surface area contributed by atoms with Crippen LogP contribution in [0.1, 0.15) is 57.7 Å². The van der Waals surface area contributed by atoms with Crippen LogP contribution in [0.4, 0.5) is 26.3 Å². The first-order valence-corrected chi connectivity index (χ1v) is 11.2. The molecule has 190 valence electrons. The van der Waals surface area contributed by atoms with Gasteiger partial charge in [-0.05, 0) is 61.9 Å². The van der Waals surface area contributed by atoms with E-state index >= 15 is 0 Å². The third-order valence-electron chi connectivity index (χ3n) is 6.28. The first kappa shape index (κ1) is 25.6. The minimum Gasteiger partial charge on any atom is -0.294 e. The first-order valence-electron chi connectivity index (χ1n) is 11.2. The fourth-order valence-electron chi connectivity index (χ4n) is 4.29. The summed E-state index contributed by atoms with van der Waals surface area (Å²) in [6.07, 6.45) is -3.29. The van der Waals surface area contributed by atoms with Crippen LogP contribution in [0, 0.1) is 19.8 Å². The van der Waals surface area contributed by atoms with Crippen LogP contribution >= 0.6 is 0 Å². The van der Waals surface area contributed by atoms with Crippen LogP contribution < -0.4 is 0 Å². The molecule has 3 aromatic heterocycles. The van der Waals surface area contributed by atoms with Gasteiger partial charge in [0, 0.05) is 18.8 Å². The molecule has 0 bridgehead atoms. The summed E-state index contributed by atoms with van der Waals surface area (Å²) < 4.78 is 78.4. The molecule has 0 N–H and O–H groups in total. The number of aromatic nitrogens is 4. The van der Waals surface area contributed by atoms with Gasteiger partial charge in [0.1, 0.15) is 0 Å². The smallest absolute Gasteiger partial charge is 0.294 e. The molecule has 0 aliphatic heterocycles. The highest BCUT2D eigenvalue weighted by Crippen LogP contribution is 2.39. The Morgan fingerprint density at radius 2 is 1.81 bits per heavy atom. The molecule has 1 aliphatic rings. The summed E-state index contributed by atoms with van der Waals surface area (Å²) >= 11 is 0. The lowest BCUT2D eigenvalue weighted by atomic mass is 9.86. The predicted molar refractivity (Wildman–Crippen MR) is 119 cm³/mol. The highest BCUT2D eigenvalue weighted by molar-refractivity contribution is 5.98. The van der Waals surface area contributed by atoms with Crippen molar-refractivity contribution in [2.24, 2.45) is 5.92 Å². The van der Waals surface area contributed by atoms with E-state index in [1.165, 1.54) is 23.1 Å². The summed E-state index contributed by atoms with van der Waals surface area (Å²) in [5.41, 5.74) is 2.63. The second-order valence-electron chi connectivity index (χ2n) is 8.81. The molecular formula is C25H22F6N4O. The maximum absolute atomic E-state index is 12.9. The monoisotopic (exact) mass is 508 g/mol. The zero-order valence-corrected chi connectivity index (χ0v) is 19.4. The number of nitrogens with zero attached hydrogens (tertiary/aromatic N) is 4. The number of alkyl halides is 6. The number of Topliss-reactive ketones (excluding diaryl/α,β-unsaturated/α-hetero) is 1. The predicted octanol–water partition coefficient (Wildman–Crippen LogP) is 6.47. The number of carbonyl (C=O) groups excluding carboxylic acids is 1. The van der Waals surface area contributed by atoms with Crippen LogP contribution in [0.15, 0.2) is 42.9 Å². The molecule has 0 radical (unpaired) electrons. The fraction of sp³-hybridized carbons (Fsp3) is 0.360. The van der Waals surface area contributed by atoms with Crippen LogP contribution in [0.5, 0.6) is 0 Å². The minimum atomic E-state index is -4.51. The molecule has 4 rings (SSSR count). The number of halogens is 6. The van der Waals surface area contributed by atoms with E-state index in [9.17, 15) is 31.1 Å². The fourth-order valence-corrected chi connectivity index (χ4v) is 4.29. The van der Waals surface area contributed by atoms with Gasteiger partial charge in [0.25, 0.3) is 0 Å². The van der Waals surface area contributed by atoms with Crippen LogP contribution in [-0.2, 0) is 12.6 Å².